The molecule has 1 fully saturated rings. The van der Waals surface area contributed by atoms with Crippen molar-refractivity contribution in [1.82, 2.24) is 4.90 Å². The molecule has 162 valence electrons. The lowest BCUT2D eigenvalue weighted by Gasteiger charge is -2.30. The van der Waals surface area contributed by atoms with Gasteiger partial charge in [0.2, 0.25) is 0 Å². The third-order valence-corrected chi connectivity index (χ3v) is 5.87. The summed E-state index contributed by atoms with van der Waals surface area (Å²) in [6, 6.07) is 1.21. The summed E-state index contributed by atoms with van der Waals surface area (Å²) in [6.07, 6.45) is 0.161. The molecule has 0 aliphatic carbocycles. The van der Waals surface area contributed by atoms with E-state index in [0.717, 1.165) is 5.57 Å². The molecular formula is C23H29NO6. The highest BCUT2D eigenvalue weighted by molar-refractivity contribution is 5.93. The van der Waals surface area contributed by atoms with E-state index in [0.29, 0.717) is 22.7 Å². The number of hydrogen-bond acceptors (Lipinski definition) is 7. The second-order valence-electron chi connectivity index (χ2n) is 8.35. The van der Waals surface area contributed by atoms with Gasteiger partial charge in [-0.2, -0.15) is 0 Å². The van der Waals surface area contributed by atoms with E-state index >= 15 is 0 Å². The molecule has 0 amide bonds. The lowest BCUT2D eigenvalue weighted by atomic mass is 9.84. The largest absolute Gasteiger partial charge is 0.465 e. The first kappa shape index (κ1) is 22.1. The summed E-state index contributed by atoms with van der Waals surface area (Å²) in [7, 11) is 5.00. The lowest BCUT2D eigenvalue weighted by molar-refractivity contribution is -0.140. The van der Waals surface area contributed by atoms with Crippen LogP contribution < -0.4 is 0 Å². The number of rotatable bonds is 4. The molecular weight excluding hydrogens is 386 g/mol. The zero-order valence-electron chi connectivity index (χ0n) is 18.1. The smallest absolute Gasteiger partial charge is 0.341 e. The molecule has 3 heterocycles. The van der Waals surface area contributed by atoms with E-state index < -0.39 is 42.0 Å². The fourth-order valence-electron chi connectivity index (χ4n) is 4.35. The number of likely N-dealkylation sites (N-methyl/N-ethyl adjacent to an activating group) is 1. The summed E-state index contributed by atoms with van der Waals surface area (Å²) in [4.78, 5) is 27.1. The number of aliphatic hydroxyl groups excluding tert-OH is 1. The molecule has 7 nitrogen and oxygen atoms in total. The second-order valence-corrected chi connectivity index (χ2v) is 8.35. The van der Waals surface area contributed by atoms with Crippen LogP contribution in [0.25, 0.3) is 0 Å². The Labute approximate surface area is 176 Å². The summed E-state index contributed by atoms with van der Waals surface area (Å²) in [5, 5.41) is 11.0. The summed E-state index contributed by atoms with van der Waals surface area (Å²) in [5.74, 6) is -1.07. The Hall–Kier alpha value is -2.64. The zero-order chi connectivity index (χ0) is 22.3. The van der Waals surface area contributed by atoms with Crippen molar-refractivity contribution in [3.63, 3.8) is 0 Å². The second kappa shape index (κ2) is 8.24. The number of furan rings is 1. The predicted octanol–water partition coefficient (Wildman–Crippen LogP) is 2.62. The molecule has 0 spiro atoms. The maximum atomic E-state index is 12.8. The molecule has 0 saturated carbocycles. The van der Waals surface area contributed by atoms with Crippen LogP contribution in [-0.2, 0) is 20.7 Å². The summed E-state index contributed by atoms with van der Waals surface area (Å²) in [6.45, 7) is 11.7. The summed E-state index contributed by atoms with van der Waals surface area (Å²) in [5.41, 5.74) is 2.12. The molecule has 2 aliphatic heterocycles. The fourth-order valence-corrected chi connectivity index (χ4v) is 4.35. The van der Waals surface area contributed by atoms with Crippen molar-refractivity contribution in [2.24, 2.45) is 5.92 Å². The van der Waals surface area contributed by atoms with Gasteiger partial charge in [-0.3, -0.25) is 4.90 Å². The topological polar surface area (TPSA) is 89.2 Å². The third kappa shape index (κ3) is 3.75. The summed E-state index contributed by atoms with van der Waals surface area (Å²) < 4.78 is 16.8. The van der Waals surface area contributed by atoms with E-state index in [1.54, 1.807) is 19.1 Å². The Balaban J connectivity index is 2.28. The van der Waals surface area contributed by atoms with Gasteiger partial charge in [-0.05, 0) is 40.1 Å². The average molecular weight is 415 g/mol. The van der Waals surface area contributed by atoms with Crippen LogP contribution in [0.15, 0.2) is 46.4 Å². The van der Waals surface area contributed by atoms with E-state index in [1.165, 1.54) is 7.11 Å². The van der Waals surface area contributed by atoms with Crippen molar-refractivity contribution in [2.45, 2.75) is 44.4 Å². The maximum Gasteiger partial charge on any atom is 0.341 e. The number of fused-ring (bicyclic) bond motifs is 4. The van der Waals surface area contributed by atoms with Gasteiger partial charge in [-0.25, -0.2) is 9.59 Å². The van der Waals surface area contributed by atoms with Crippen LogP contribution in [0.1, 0.15) is 41.6 Å². The van der Waals surface area contributed by atoms with Crippen LogP contribution in [-0.4, -0.2) is 61.4 Å². The quantitative estimate of drug-likeness (QED) is 0.597. The number of hydrogen-bond donors (Lipinski definition) is 1. The SMILES string of the molecule is C=C(C)[C@H]1Cc2oc(cc2C(=O)OC)[C@H](C(=C)C)[C@@H]2OC(=O)/C(=C\C1O)[C@H]2N(C)C. The number of methoxy groups -OCH3 is 1. The molecule has 5 atom stereocenters. The molecule has 4 bridgehead atoms. The van der Waals surface area contributed by atoms with Crippen LogP contribution in [0, 0.1) is 5.92 Å². The van der Waals surface area contributed by atoms with Gasteiger partial charge in [0.1, 0.15) is 23.2 Å². The predicted molar refractivity (Wildman–Crippen MR) is 111 cm³/mol. The first-order valence-corrected chi connectivity index (χ1v) is 9.85. The van der Waals surface area contributed by atoms with Gasteiger partial charge in [0.15, 0.2) is 0 Å². The van der Waals surface area contributed by atoms with Crippen LogP contribution >= 0.6 is 0 Å². The molecule has 1 aromatic heterocycles. The molecule has 0 aromatic carbocycles. The minimum Gasteiger partial charge on any atom is -0.465 e. The highest BCUT2D eigenvalue weighted by atomic mass is 16.6. The van der Waals surface area contributed by atoms with Crippen LogP contribution in [0.4, 0.5) is 0 Å². The molecule has 2 aliphatic rings. The Morgan fingerprint density at radius 3 is 2.47 bits per heavy atom. The van der Waals surface area contributed by atoms with Crippen molar-refractivity contribution in [2.75, 3.05) is 21.2 Å². The van der Waals surface area contributed by atoms with Crippen LogP contribution in [0.2, 0.25) is 0 Å². The van der Waals surface area contributed by atoms with Crippen molar-refractivity contribution in [3.05, 3.63) is 59.1 Å². The number of carbonyl (C=O) groups excluding carboxylic acids is 2. The zero-order valence-corrected chi connectivity index (χ0v) is 18.1. The molecule has 1 unspecified atom stereocenters. The fraction of sp³-hybridized carbons (Fsp3) is 0.478. The van der Waals surface area contributed by atoms with Gasteiger partial charge in [-0.1, -0.05) is 24.3 Å². The Kier molecular flexibility index (Phi) is 6.06. The minimum atomic E-state index is -1.01. The maximum absolute atomic E-state index is 12.8. The first-order chi connectivity index (χ1) is 14.1. The molecule has 0 radical (unpaired) electrons. The number of ether oxygens (including phenoxy) is 2. The third-order valence-electron chi connectivity index (χ3n) is 5.87. The van der Waals surface area contributed by atoms with E-state index in [2.05, 4.69) is 13.2 Å². The molecule has 30 heavy (non-hydrogen) atoms. The van der Waals surface area contributed by atoms with E-state index in [-0.39, 0.29) is 12.0 Å². The van der Waals surface area contributed by atoms with E-state index in [9.17, 15) is 14.7 Å². The minimum absolute atomic E-state index is 0.236. The standard InChI is InChI=1S/C23H29NO6/c1-11(2)13-9-17-14(22(26)28-7)10-18(29-17)19(12(3)4)21-20(24(5)6)15(8-16(13)25)23(27)30-21/h8,10,13,16,19-21,25H,1,3,9H2,2,4-7H3/b15-8-/t13-,16?,19+,20-,21+/m1/s1. The van der Waals surface area contributed by atoms with Crippen LogP contribution in [0.3, 0.4) is 0 Å². The van der Waals surface area contributed by atoms with Gasteiger partial charge in [-0.15, -0.1) is 0 Å². The van der Waals surface area contributed by atoms with Crippen molar-refractivity contribution in [3.8, 4) is 0 Å². The van der Waals surface area contributed by atoms with Gasteiger partial charge >= 0.3 is 11.9 Å². The summed E-state index contributed by atoms with van der Waals surface area (Å²) >= 11 is 0. The van der Waals surface area contributed by atoms with Gasteiger partial charge in [0, 0.05) is 12.3 Å². The van der Waals surface area contributed by atoms with E-state index in [4.69, 9.17) is 13.9 Å². The number of esters is 2. The average Bonchev–Trinajstić information content (AvgIpc) is 3.19. The molecule has 1 saturated heterocycles. The van der Waals surface area contributed by atoms with Gasteiger partial charge in [0.25, 0.3) is 0 Å². The monoisotopic (exact) mass is 415 g/mol. The van der Waals surface area contributed by atoms with Crippen molar-refractivity contribution < 1.29 is 28.6 Å². The highest BCUT2D eigenvalue weighted by Crippen LogP contribution is 2.41. The number of aliphatic hydroxyl groups is 1. The Bertz CT molecular complexity index is 924. The van der Waals surface area contributed by atoms with Crippen LogP contribution in [0.5, 0.6) is 0 Å². The van der Waals surface area contributed by atoms with Crippen molar-refractivity contribution >= 4 is 11.9 Å². The molecule has 1 aromatic rings. The first-order valence-electron chi connectivity index (χ1n) is 9.85. The number of nitrogens with zero attached hydrogens (tertiary/aromatic N) is 1. The van der Waals surface area contributed by atoms with Gasteiger partial charge < -0.3 is 19.0 Å². The van der Waals surface area contributed by atoms with Crippen molar-refractivity contribution in [1.29, 1.82) is 0 Å². The molecule has 1 N–H and O–H groups in total. The normalized spacial score (nSPS) is 30.2. The van der Waals surface area contributed by atoms with Gasteiger partial charge in [0.05, 0.1) is 30.7 Å². The highest BCUT2D eigenvalue weighted by Gasteiger charge is 2.48. The number of carbonyl (C=O) groups is 2. The molecule has 3 rings (SSSR count). The molecule has 7 heteroatoms. The lowest BCUT2D eigenvalue weighted by Crippen LogP contribution is -2.40. The van der Waals surface area contributed by atoms with E-state index in [1.807, 2.05) is 25.9 Å². The Morgan fingerprint density at radius 1 is 1.27 bits per heavy atom. The Morgan fingerprint density at radius 2 is 1.93 bits per heavy atom.